The zero-order valence-corrected chi connectivity index (χ0v) is 25.4. The summed E-state index contributed by atoms with van der Waals surface area (Å²) >= 11 is 1.92. The molecule has 1 aliphatic rings. The van der Waals surface area contributed by atoms with Gasteiger partial charge in [-0.1, -0.05) is 157 Å². The van der Waals surface area contributed by atoms with Gasteiger partial charge >= 0.3 is 0 Å². The van der Waals surface area contributed by atoms with Crippen LogP contribution in [0.25, 0.3) is 10.8 Å². The summed E-state index contributed by atoms with van der Waals surface area (Å²) < 4.78 is 0. The molecule has 8 rings (SSSR count). The van der Waals surface area contributed by atoms with E-state index in [0.29, 0.717) is 0 Å². The van der Waals surface area contributed by atoms with E-state index in [4.69, 9.17) is 0 Å². The van der Waals surface area contributed by atoms with Gasteiger partial charge in [-0.2, -0.15) is 0 Å². The fourth-order valence-corrected chi connectivity index (χ4v) is 13.9. The van der Waals surface area contributed by atoms with Crippen LogP contribution in [0.5, 0.6) is 0 Å². The topological polar surface area (TPSA) is 3.24 Å². The first kappa shape index (κ1) is 25.8. The molecule has 0 radical (unpaired) electrons. The Bertz CT molecular complexity index is 2010. The Morgan fingerprint density at radius 1 is 0.419 bits per heavy atom. The lowest BCUT2D eigenvalue weighted by Gasteiger charge is -2.41. The van der Waals surface area contributed by atoms with E-state index >= 15 is 0 Å². The van der Waals surface area contributed by atoms with Crippen LogP contribution in [-0.2, 0) is 0 Å². The van der Waals surface area contributed by atoms with Gasteiger partial charge < -0.3 is 4.90 Å². The van der Waals surface area contributed by atoms with Crippen LogP contribution in [0.3, 0.4) is 0 Å². The molecule has 0 N–H and O–H groups in total. The van der Waals surface area contributed by atoms with Crippen LogP contribution in [0.4, 0.5) is 17.1 Å². The normalized spacial score (nSPS) is 13.2. The molecule has 0 fully saturated rings. The fourth-order valence-electron chi connectivity index (χ4n) is 6.78. The highest BCUT2D eigenvalue weighted by Crippen LogP contribution is 2.45. The monoisotopic (exact) mass is 583 g/mol. The van der Waals surface area contributed by atoms with E-state index in [1.807, 2.05) is 11.8 Å². The molecular formula is C40H29NSSi. The molecule has 0 spiro atoms. The minimum atomic E-state index is -2.66. The van der Waals surface area contributed by atoms with Crippen molar-refractivity contribution in [2.75, 3.05) is 4.90 Å². The Hall–Kier alpha value is -4.83. The van der Waals surface area contributed by atoms with Crippen LogP contribution in [0.2, 0.25) is 0 Å². The fraction of sp³-hybridized carbons (Fsp3) is 0. The Morgan fingerprint density at radius 2 is 0.953 bits per heavy atom. The summed E-state index contributed by atoms with van der Waals surface area (Å²) in [6.07, 6.45) is 0. The van der Waals surface area contributed by atoms with E-state index in [0.717, 1.165) is 5.69 Å². The summed E-state index contributed by atoms with van der Waals surface area (Å²) in [6.45, 7) is 0. The highest BCUT2D eigenvalue weighted by Gasteiger charge is 2.47. The van der Waals surface area contributed by atoms with E-state index in [1.54, 1.807) is 0 Å². The maximum atomic E-state index is 2.47. The zero-order valence-electron chi connectivity index (χ0n) is 23.6. The Labute approximate surface area is 258 Å². The summed E-state index contributed by atoms with van der Waals surface area (Å²) in [5.41, 5.74) is 3.55. The van der Waals surface area contributed by atoms with Gasteiger partial charge in [-0.3, -0.25) is 0 Å². The van der Waals surface area contributed by atoms with E-state index in [1.165, 1.54) is 52.7 Å². The molecule has 0 saturated carbocycles. The highest BCUT2D eigenvalue weighted by molar-refractivity contribution is 8.00. The van der Waals surface area contributed by atoms with Crippen LogP contribution >= 0.6 is 11.8 Å². The third-order valence-electron chi connectivity index (χ3n) is 8.58. The van der Waals surface area contributed by atoms with E-state index < -0.39 is 8.07 Å². The molecule has 0 saturated heterocycles. The summed E-state index contributed by atoms with van der Waals surface area (Å²) in [4.78, 5) is 5.14. The van der Waals surface area contributed by atoms with Gasteiger partial charge in [-0.15, -0.1) is 0 Å². The molecule has 1 aliphatic heterocycles. The van der Waals surface area contributed by atoms with Gasteiger partial charge in [0.05, 0.1) is 11.4 Å². The second-order valence-corrected chi connectivity index (χ2v) is 15.7. The first-order valence-corrected chi connectivity index (χ1v) is 17.5. The Kier molecular flexibility index (Phi) is 6.48. The van der Waals surface area contributed by atoms with E-state index in [9.17, 15) is 0 Å². The predicted octanol–water partition coefficient (Wildman–Crippen LogP) is 8.15. The number of para-hydroxylation sites is 1. The lowest BCUT2D eigenvalue weighted by atomic mass is 10.1. The number of rotatable bonds is 5. The quantitative estimate of drug-likeness (QED) is 0.188. The van der Waals surface area contributed by atoms with Crippen LogP contribution in [0.15, 0.2) is 186 Å². The third-order valence-corrected chi connectivity index (χ3v) is 15.0. The summed E-state index contributed by atoms with van der Waals surface area (Å²) in [5.74, 6) is 0. The molecule has 1 heterocycles. The molecule has 0 aromatic heterocycles. The first-order valence-electron chi connectivity index (χ1n) is 14.7. The van der Waals surface area contributed by atoms with Crippen molar-refractivity contribution in [1.82, 2.24) is 0 Å². The van der Waals surface area contributed by atoms with E-state index in [2.05, 4.69) is 181 Å². The summed E-state index contributed by atoms with van der Waals surface area (Å²) in [7, 11) is -2.66. The van der Waals surface area contributed by atoms with Gasteiger partial charge in [0.25, 0.3) is 0 Å². The smallest absolute Gasteiger partial charge is 0.181 e. The second kappa shape index (κ2) is 10.8. The Morgan fingerprint density at radius 3 is 1.70 bits per heavy atom. The van der Waals surface area contributed by atoms with Crippen molar-refractivity contribution < 1.29 is 0 Å². The third kappa shape index (κ3) is 4.16. The first-order chi connectivity index (χ1) is 21.4. The van der Waals surface area contributed by atoms with Gasteiger partial charge in [0.15, 0.2) is 8.07 Å². The number of anilines is 3. The van der Waals surface area contributed by atoms with Crippen molar-refractivity contribution in [3.8, 4) is 0 Å². The molecule has 0 aliphatic carbocycles. The van der Waals surface area contributed by atoms with Crippen LogP contribution < -0.4 is 25.6 Å². The molecule has 0 bridgehead atoms. The van der Waals surface area contributed by atoms with Crippen LogP contribution in [0.1, 0.15) is 0 Å². The maximum absolute atomic E-state index is 2.66. The largest absolute Gasteiger partial charge is 0.309 e. The van der Waals surface area contributed by atoms with Gasteiger partial charge in [0, 0.05) is 20.9 Å². The van der Waals surface area contributed by atoms with Gasteiger partial charge in [0.2, 0.25) is 0 Å². The molecule has 0 unspecified atom stereocenters. The average molecular weight is 584 g/mol. The van der Waals surface area contributed by atoms with E-state index in [-0.39, 0.29) is 0 Å². The molecule has 0 amide bonds. The summed E-state index contributed by atoms with van der Waals surface area (Å²) in [5, 5.41) is 8.18. The van der Waals surface area contributed by atoms with Crippen molar-refractivity contribution in [2.45, 2.75) is 9.79 Å². The van der Waals surface area contributed by atoms with Crippen molar-refractivity contribution >= 4 is 68.4 Å². The standard InChI is InChI=1S/C40H29NSSi/c1-4-18-31(19-5-1)41(35-25-14-17-30-16-10-11-24-34(30)35)36-26-15-29-39-40(36)42-37-27-12-13-28-38(37)43(39,32-20-6-2-7-21-32)33-22-8-3-9-23-33/h1-29H. The maximum Gasteiger partial charge on any atom is 0.181 e. The molecule has 0 atom stereocenters. The molecule has 43 heavy (non-hydrogen) atoms. The zero-order chi connectivity index (χ0) is 28.6. The van der Waals surface area contributed by atoms with Gasteiger partial charge in [0.1, 0.15) is 0 Å². The minimum absolute atomic E-state index is 1.15. The minimum Gasteiger partial charge on any atom is -0.309 e. The van der Waals surface area contributed by atoms with Crippen LogP contribution in [-0.4, -0.2) is 8.07 Å². The van der Waals surface area contributed by atoms with Crippen molar-refractivity contribution in [3.63, 3.8) is 0 Å². The average Bonchev–Trinajstić information content (AvgIpc) is 3.09. The SMILES string of the molecule is c1ccc(N(c2cccc3c2Sc2ccccc2[Si]3(c2ccccc2)c2ccccc2)c2cccc3ccccc23)cc1. The van der Waals surface area contributed by atoms with Crippen molar-refractivity contribution in [3.05, 3.63) is 176 Å². The molecule has 7 aromatic carbocycles. The molecule has 7 aromatic rings. The second-order valence-electron chi connectivity index (χ2n) is 10.9. The van der Waals surface area contributed by atoms with Crippen molar-refractivity contribution in [1.29, 1.82) is 0 Å². The molecule has 204 valence electrons. The number of nitrogens with zero attached hydrogens (tertiary/aromatic N) is 1. The lowest BCUT2D eigenvalue weighted by Crippen LogP contribution is -2.76. The molecule has 3 heteroatoms. The van der Waals surface area contributed by atoms with Gasteiger partial charge in [-0.25, -0.2) is 0 Å². The predicted molar refractivity (Wildman–Crippen MR) is 186 cm³/mol. The Balaban J connectivity index is 1.49. The number of fused-ring (bicyclic) bond motifs is 3. The van der Waals surface area contributed by atoms with Crippen molar-refractivity contribution in [2.24, 2.45) is 0 Å². The van der Waals surface area contributed by atoms with Crippen LogP contribution in [0, 0.1) is 0 Å². The summed E-state index contributed by atoms with van der Waals surface area (Å²) in [6, 6.07) is 64.7. The highest BCUT2D eigenvalue weighted by atomic mass is 32.2. The number of benzene rings is 7. The molecular weight excluding hydrogens is 555 g/mol. The lowest BCUT2D eigenvalue weighted by molar-refractivity contribution is 1.24. The molecule has 1 nitrogen and oxygen atoms in total. The number of hydrogen-bond acceptors (Lipinski definition) is 2. The number of hydrogen-bond donors (Lipinski definition) is 0. The van der Waals surface area contributed by atoms with Gasteiger partial charge in [-0.05, 0) is 56.5 Å².